The van der Waals surface area contributed by atoms with Crippen LogP contribution in [0.15, 0.2) is 36.8 Å². The number of aromatic nitrogens is 5. The van der Waals surface area contributed by atoms with E-state index in [-0.39, 0.29) is 17.5 Å². The molecule has 3 aromatic rings. The smallest absolute Gasteiger partial charge is 0.282 e. The number of rotatable bonds is 1. The fourth-order valence-electron chi connectivity index (χ4n) is 3.83. The second-order valence-corrected chi connectivity index (χ2v) is 8.02. The van der Waals surface area contributed by atoms with Crippen LogP contribution in [0.3, 0.4) is 0 Å². The lowest BCUT2D eigenvalue weighted by Gasteiger charge is -2.40. The van der Waals surface area contributed by atoms with Crippen LogP contribution in [0.5, 0.6) is 5.88 Å². The highest BCUT2D eigenvalue weighted by Crippen LogP contribution is 2.33. The van der Waals surface area contributed by atoms with Gasteiger partial charge in [-0.3, -0.25) is 4.79 Å². The number of carbonyl (C=O) groups excluding carboxylic acids is 1. The van der Waals surface area contributed by atoms with Crippen molar-refractivity contribution in [2.24, 2.45) is 0 Å². The average Bonchev–Trinajstić information content (AvgIpc) is 3.24. The molecule has 0 aliphatic carbocycles. The number of nitrogens with zero attached hydrogens (tertiary/aromatic N) is 6. The molecule has 1 saturated heterocycles. The Kier molecular flexibility index (Phi) is 4.95. The molecule has 11 heteroatoms. The quantitative estimate of drug-likeness (QED) is 0.619. The molecule has 1 amide bonds. The molecular formula is C21H21F2N7O2. The lowest BCUT2D eigenvalue weighted by atomic mass is 10.1. The molecule has 1 atom stereocenters. The summed E-state index contributed by atoms with van der Waals surface area (Å²) >= 11 is 0. The van der Waals surface area contributed by atoms with Gasteiger partial charge in [-0.25, -0.2) is 18.7 Å². The fourth-order valence-corrected chi connectivity index (χ4v) is 3.83. The SMILES string of the molecule is CC1CCCOc2ncc(N3CC(F)(F)C3)cc2C(=O)Nc2cccc(n2)-c2nncn21. The van der Waals surface area contributed by atoms with Crippen LogP contribution in [0.1, 0.15) is 36.2 Å². The number of halogens is 2. The Balaban J connectivity index is 1.50. The number of amides is 1. The molecule has 5 heterocycles. The third kappa shape index (κ3) is 3.85. The van der Waals surface area contributed by atoms with Gasteiger partial charge < -0.3 is 19.5 Å². The summed E-state index contributed by atoms with van der Waals surface area (Å²) in [5.74, 6) is -2.14. The molecule has 0 saturated carbocycles. The van der Waals surface area contributed by atoms with E-state index in [1.165, 1.54) is 17.2 Å². The number of nitrogens with one attached hydrogen (secondary N) is 1. The molecule has 0 spiro atoms. The van der Waals surface area contributed by atoms with Gasteiger partial charge in [-0.15, -0.1) is 10.2 Å². The van der Waals surface area contributed by atoms with Crippen LogP contribution in [-0.4, -0.2) is 56.3 Å². The summed E-state index contributed by atoms with van der Waals surface area (Å²) in [6.07, 6.45) is 4.61. The summed E-state index contributed by atoms with van der Waals surface area (Å²) in [7, 11) is 0. The Morgan fingerprint density at radius 1 is 1.28 bits per heavy atom. The summed E-state index contributed by atoms with van der Waals surface area (Å²) in [6.45, 7) is 1.60. The zero-order valence-electron chi connectivity index (χ0n) is 17.3. The van der Waals surface area contributed by atoms with Gasteiger partial charge in [0.2, 0.25) is 5.88 Å². The molecule has 0 radical (unpaired) electrons. The van der Waals surface area contributed by atoms with Gasteiger partial charge in [-0.1, -0.05) is 6.07 Å². The van der Waals surface area contributed by atoms with Crippen LogP contribution in [0.4, 0.5) is 20.3 Å². The van der Waals surface area contributed by atoms with E-state index in [2.05, 4.69) is 32.4 Å². The highest BCUT2D eigenvalue weighted by atomic mass is 19.3. The molecule has 1 unspecified atom stereocenters. The number of pyridine rings is 2. The van der Waals surface area contributed by atoms with Crippen molar-refractivity contribution >= 4 is 17.4 Å². The number of carbonyl (C=O) groups is 1. The van der Waals surface area contributed by atoms with E-state index in [1.54, 1.807) is 24.5 Å². The molecule has 2 bridgehead atoms. The molecule has 9 nitrogen and oxygen atoms in total. The Bertz CT molecular complexity index is 1160. The van der Waals surface area contributed by atoms with Crippen LogP contribution in [0.25, 0.3) is 11.5 Å². The highest BCUT2D eigenvalue weighted by Gasteiger charge is 2.44. The lowest BCUT2D eigenvalue weighted by molar-refractivity contribution is -0.0262. The summed E-state index contributed by atoms with van der Waals surface area (Å²) < 4.78 is 34.4. The van der Waals surface area contributed by atoms with Crippen molar-refractivity contribution in [1.29, 1.82) is 0 Å². The van der Waals surface area contributed by atoms with Crippen molar-refractivity contribution in [3.05, 3.63) is 42.4 Å². The molecule has 3 aromatic heterocycles. The third-order valence-corrected chi connectivity index (χ3v) is 5.56. The van der Waals surface area contributed by atoms with Gasteiger partial charge >= 0.3 is 0 Å². The average molecular weight is 441 g/mol. The van der Waals surface area contributed by atoms with Crippen molar-refractivity contribution in [2.45, 2.75) is 31.7 Å². The van der Waals surface area contributed by atoms with E-state index in [0.717, 1.165) is 6.42 Å². The first-order valence-corrected chi connectivity index (χ1v) is 10.3. The molecule has 5 rings (SSSR count). The maximum Gasteiger partial charge on any atom is 0.282 e. The Labute approximate surface area is 182 Å². The third-order valence-electron chi connectivity index (χ3n) is 5.56. The van der Waals surface area contributed by atoms with E-state index in [1.807, 2.05) is 4.57 Å². The normalized spacial score (nSPS) is 20.2. The second kappa shape index (κ2) is 7.81. The first-order chi connectivity index (χ1) is 15.4. The molecule has 1 N–H and O–H groups in total. The molecule has 0 aromatic carbocycles. The lowest BCUT2D eigenvalue weighted by Crippen LogP contribution is -2.56. The Hall–Kier alpha value is -3.63. The summed E-state index contributed by atoms with van der Waals surface area (Å²) in [4.78, 5) is 23.3. The number of hydrogen-bond donors (Lipinski definition) is 1. The Morgan fingerprint density at radius 2 is 2.12 bits per heavy atom. The predicted molar refractivity (Wildman–Crippen MR) is 112 cm³/mol. The van der Waals surface area contributed by atoms with Gasteiger partial charge in [0.05, 0.1) is 31.6 Å². The van der Waals surface area contributed by atoms with Crippen LogP contribution in [0.2, 0.25) is 0 Å². The first kappa shape index (κ1) is 20.3. The summed E-state index contributed by atoms with van der Waals surface area (Å²) in [5.41, 5.74) is 1.19. The second-order valence-electron chi connectivity index (χ2n) is 8.02. The summed E-state index contributed by atoms with van der Waals surface area (Å²) in [5, 5.41) is 11.0. The van der Waals surface area contributed by atoms with E-state index < -0.39 is 24.9 Å². The van der Waals surface area contributed by atoms with Crippen LogP contribution < -0.4 is 15.0 Å². The zero-order chi connectivity index (χ0) is 22.3. The van der Waals surface area contributed by atoms with Crippen LogP contribution in [-0.2, 0) is 0 Å². The van der Waals surface area contributed by atoms with Gasteiger partial charge in [0.1, 0.15) is 23.4 Å². The van der Waals surface area contributed by atoms with Crippen LogP contribution in [0, 0.1) is 0 Å². The van der Waals surface area contributed by atoms with E-state index in [0.29, 0.717) is 36.1 Å². The van der Waals surface area contributed by atoms with Crippen molar-refractivity contribution in [2.75, 3.05) is 29.9 Å². The topological polar surface area (TPSA) is 98.1 Å². The van der Waals surface area contributed by atoms with Crippen molar-refractivity contribution in [1.82, 2.24) is 24.7 Å². The molecule has 2 aliphatic heterocycles. The zero-order valence-corrected chi connectivity index (χ0v) is 17.3. The van der Waals surface area contributed by atoms with Gasteiger partial charge in [0, 0.05) is 6.04 Å². The number of fused-ring (bicyclic) bond motifs is 5. The minimum absolute atomic E-state index is 0.106. The first-order valence-electron chi connectivity index (χ1n) is 10.3. The number of alkyl halides is 2. The van der Waals surface area contributed by atoms with E-state index in [9.17, 15) is 13.6 Å². The molecule has 166 valence electrons. The Morgan fingerprint density at radius 3 is 2.94 bits per heavy atom. The summed E-state index contributed by atoms with van der Waals surface area (Å²) in [6, 6.07) is 6.86. The molecule has 32 heavy (non-hydrogen) atoms. The van der Waals surface area contributed by atoms with Crippen molar-refractivity contribution in [3.63, 3.8) is 0 Å². The number of ether oxygens (including phenoxy) is 1. The maximum absolute atomic E-state index is 13.3. The molecular weight excluding hydrogens is 420 g/mol. The van der Waals surface area contributed by atoms with Gasteiger partial charge in [0.15, 0.2) is 5.82 Å². The minimum Gasteiger partial charge on any atom is -0.477 e. The molecule has 1 fully saturated rings. The highest BCUT2D eigenvalue weighted by molar-refractivity contribution is 6.06. The van der Waals surface area contributed by atoms with E-state index in [4.69, 9.17) is 4.74 Å². The van der Waals surface area contributed by atoms with E-state index >= 15 is 0 Å². The monoisotopic (exact) mass is 441 g/mol. The minimum atomic E-state index is -2.73. The van der Waals surface area contributed by atoms with Gasteiger partial charge in [0.25, 0.3) is 11.8 Å². The van der Waals surface area contributed by atoms with Crippen LogP contribution >= 0.6 is 0 Å². The number of anilines is 2. The van der Waals surface area contributed by atoms with Gasteiger partial charge in [-0.2, -0.15) is 0 Å². The largest absolute Gasteiger partial charge is 0.477 e. The fraction of sp³-hybridized carbons (Fsp3) is 0.381. The predicted octanol–water partition coefficient (Wildman–Crippen LogP) is 3.18. The number of hydrogen-bond acceptors (Lipinski definition) is 7. The van der Waals surface area contributed by atoms with Crippen molar-refractivity contribution in [3.8, 4) is 17.4 Å². The van der Waals surface area contributed by atoms with Gasteiger partial charge in [-0.05, 0) is 38.0 Å². The van der Waals surface area contributed by atoms with Crippen molar-refractivity contribution < 1.29 is 18.3 Å². The standard InChI is InChI=1S/C21H21F2N7O2/c1-13-4-3-7-32-20-15(8-14(9-24-20)29-10-21(22,23)11-29)19(31)27-17-6-2-5-16(26-17)18-28-25-12-30(13)18/h2,5-6,8-9,12-13H,3-4,7,10-11H2,1H3,(H,26,27,31). The molecule has 2 aliphatic rings. The maximum atomic E-state index is 13.3.